The van der Waals surface area contributed by atoms with E-state index in [2.05, 4.69) is 14.9 Å². The largest absolute Gasteiger partial charge is 0.573 e. The fourth-order valence-corrected chi connectivity index (χ4v) is 4.77. The average Bonchev–Trinajstić information content (AvgIpc) is 3.38. The number of aromatic nitrogens is 2. The van der Waals surface area contributed by atoms with Crippen LogP contribution in [0.4, 0.5) is 26.7 Å². The van der Waals surface area contributed by atoms with E-state index in [-0.39, 0.29) is 41.5 Å². The van der Waals surface area contributed by atoms with Crippen molar-refractivity contribution in [2.45, 2.75) is 24.6 Å². The van der Waals surface area contributed by atoms with E-state index in [1.165, 1.54) is 24.3 Å². The Morgan fingerprint density at radius 2 is 1.61 bits per heavy atom. The number of ether oxygens (including phenoxy) is 2. The molecule has 2 aliphatic heterocycles. The van der Waals surface area contributed by atoms with E-state index in [1.54, 1.807) is 9.80 Å². The molecule has 0 aliphatic carbocycles. The summed E-state index contributed by atoms with van der Waals surface area (Å²) in [6, 6.07) is 8.21. The van der Waals surface area contributed by atoms with Crippen molar-refractivity contribution in [1.82, 2.24) is 19.9 Å². The minimum Gasteiger partial charge on any atom is -0.406 e. The summed E-state index contributed by atoms with van der Waals surface area (Å²) in [5.41, 5.74) is 0.808. The Bertz CT molecular complexity index is 1260. The second-order valence-electron chi connectivity index (χ2n) is 9.15. The number of piperidine rings is 1. The molecule has 38 heavy (non-hydrogen) atoms. The number of benzene rings is 2. The van der Waals surface area contributed by atoms with Crippen molar-refractivity contribution in [3.05, 3.63) is 65.6 Å². The highest BCUT2D eigenvalue weighted by atomic mass is 19.4. The third kappa shape index (κ3) is 6.04. The molecule has 2 aliphatic rings. The lowest BCUT2D eigenvalue weighted by Gasteiger charge is -2.40. The molecule has 2 atom stereocenters. The van der Waals surface area contributed by atoms with Crippen LogP contribution in [-0.2, 0) is 4.74 Å². The van der Waals surface area contributed by atoms with Crippen LogP contribution in [0.15, 0.2) is 47.0 Å². The number of alkyl halides is 3. The Hall–Kier alpha value is -3.74. The zero-order chi connectivity index (χ0) is 26.9. The summed E-state index contributed by atoms with van der Waals surface area (Å²) >= 11 is 0. The maximum Gasteiger partial charge on any atom is 0.573 e. The Balaban J connectivity index is 1.40. The van der Waals surface area contributed by atoms with Crippen LogP contribution >= 0.6 is 0 Å². The Morgan fingerprint density at radius 3 is 2.26 bits per heavy atom. The molecule has 2 aromatic carbocycles. The molecule has 2 unspecified atom stereocenters. The molecule has 0 bridgehead atoms. The summed E-state index contributed by atoms with van der Waals surface area (Å²) < 4.78 is 79.9. The molecule has 3 aromatic rings. The quantitative estimate of drug-likeness (QED) is 0.438. The predicted octanol–water partition coefficient (Wildman–Crippen LogP) is 4.94. The highest BCUT2D eigenvalue weighted by Crippen LogP contribution is 2.37. The van der Waals surface area contributed by atoms with Crippen LogP contribution in [0, 0.1) is 11.6 Å². The van der Waals surface area contributed by atoms with Crippen LogP contribution in [0.1, 0.15) is 29.7 Å². The van der Waals surface area contributed by atoms with Gasteiger partial charge >= 0.3 is 12.4 Å². The zero-order valence-corrected chi connectivity index (χ0v) is 20.0. The van der Waals surface area contributed by atoms with Gasteiger partial charge in [-0.25, -0.2) is 13.6 Å². The number of likely N-dealkylation sites (tertiary alicyclic amines) is 1. The number of hydrogen-bond acceptors (Lipinski definition) is 6. The molecular formula is C25H23F5N4O4. The van der Waals surface area contributed by atoms with Gasteiger partial charge < -0.3 is 23.8 Å². The maximum absolute atomic E-state index is 13.7. The van der Waals surface area contributed by atoms with Crippen LogP contribution in [0.3, 0.4) is 0 Å². The summed E-state index contributed by atoms with van der Waals surface area (Å²) in [6.45, 7) is 2.28. The van der Waals surface area contributed by atoms with Crippen molar-refractivity contribution in [3.8, 4) is 17.1 Å². The molecule has 8 nitrogen and oxygen atoms in total. The van der Waals surface area contributed by atoms with Crippen molar-refractivity contribution in [1.29, 1.82) is 0 Å². The lowest BCUT2D eigenvalue weighted by Crippen LogP contribution is -2.52. The summed E-state index contributed by atoms with van der Waals surface area (Å²) in [6.07, 6.45) is -4.36. The highest BCUT2D eigenvalue weighted by molar-refractivity contribution is 5.75. The van der Waals surface area contributed by atoms with Gasteiger partial charge in [0, 0.05) is 43.7 Å². The highest BCUT2D eigenvalue weighted by Gasteiger charge is 2.37. The second kappa shape index (κ2) is 10.6. The number of hydrogen-bond donors (Lipinski definition) is 0. The molecular weight excluding hydrogens is 515 g/mol. The summed E-state index contributed by atoms with van der Waals surface area (Å²) in [7, 11) is 0. The van der Waals surface area contributed by atoms with Gasteiger partial charge in [0.2, 0.25) is 11.7 Å². The lowest BCUT2D eigenvalue weighted by molar-refractivity contribution is -0.274. The number of carbonyl (C=O) groups excluding carboxylic acids is 1. The standard InChI is InChI=1S/C25H23F5N4O4/c26-19-10-16(11-20(27)12-19)22-31-23(38-32-22)18-9-17(15-1-3-21(4-2-15)37-25(28,29)30)13-34(14-18)24(35)33-5-7-36-8-6-33/h1-4,10-12,17-18H,5-9,13-14H2. The van der Waals surface area contributed by atoms with Gasteiger partial charge in [0.25, 0.3) is 0 Å². The number of carbonyl (C=O) groups is 1. The van der Waals surface area contributed by atoms with Crippen molar-refractivity contribution in [3.63, 3.8) is 0 Å². The smallest absolute Gasteiger partial charge is 0.406 e. The number of amides is 2. The van der Waals surface area contributed by atoms with E-state index >= 15 is 0 Å². The molecule has 1 aromatic heterocycles. The molecule has 0 radical (unpaired) electrons. The zero-order valence-electron chi connectivity index (χ0n) is 20.0. The molecule has 0 spiro atoms. The Labute approximate surface area is 213 Å². The van der Waals surface area contributed by atoms with Crippen LogP contribution in [0.25, 0.3) is 11.4 Å². The molecule has 13 heteroatoms. The Morgan fingerprint density at radius 1 is 0.947 bits per heavy atom. The van der Waals surface area contributed by atoms with Crippen molar-refractivity contribution in [2.75, 3.05) is 39.4 Å². The van der Waals surface area contributed by atoms with Gasteiger partial charge in [-0.3, -0.25) is 0 Å². The third-order valence-electron chi connectivity index (χ3n) is 6.50. The van der Waals surface area contributed by atoms with E-state index in [1.807, 2.05) is 0 Å². The van der Waals surface area contributed by atoms with E-state index in [4.69, 9.17) is 9.26 Å². The van der Waals surface area contributed by atoms with E-state index in [0.717, 1.165) is 18.2 Å². The van der Waals surface area contributed by atoms with Gasteiger partial charge in [0.1, 0.15) is 17.4 Å². The predicted molar refractivity (Wildman–Crippen MR) is 122 cm³/mol. The Kier molecular flexibility index (Phi) is 7.19. The monoisotopic (exact) mass is 538 g/mol. The topological polar surface area (TPSA) is 80.9 Å². The van der Waals surface area contributed by atoms with Gasteiger partial charge in [-0.1, -0.05) is 17.3 Å². The molecule has 5 rings (SSSR count). The number of morpholine rings is 1. The number of urea groups is 1. The molecule has 0 N–H and O–H groups in total. The summed E-state index contributed by atoms with van der Waals surface area (Å²) in [5.74, 6) is -2.43. The number of rotatable bonds is 4. The first-order chi connectivity index (χ1) is 18.1. The van der Waals surface area contributed by atoms with E-state index in [0.29, 0.717) is 44.8 Å². The van der Waals surface area contributed by atoms with Crippen molar-refractivity contribution < 1.29 is 40.7 Å². The fraction of sp³-hybridized carbons (Fsp3) is 0.400. The van der Waals surface area contributed by atoms with Gasteiger partial charge in [-0.2, -0.15) is 4.98 Å². The maximum atomic E-state index is 13.7. The SMILES string of the molecule is O=C(N1CCOCC1)N1CC(c2ccc(OC(F)(F)F)cc2)CC(c2nc(-c3cc(F)cc(F)c3)no2)C1. The lowest BCUT2D eigenvalue weighted by atomic mass is 9.84. The van der Waals surface area contributed by atoms with Crippen molar-refractivity contribution >= 4 is 6.03 Å². The molecule has 2 saturated heterocycles. The first-order valence-electron chi connectivity index (χ1n) is 11.9. The first kappa shape index (κ1) is 25.9. The second-order valence-corrected chi connectivity index (χ2v) is 9.15. The number of nitrogens with zero attached hydrogens (tertiary/aromatic N) is 4. The van der Waals surface area contributed by atoms with Gasteiger partial charge in [-0.15, -0.1) is 13.2 Å². The molecule has 3 heterocycles. The van der Waals surface area contributed by atoms with Crippen LogP contribution in [0.2, 0.25) is 0 Å². The summed E-state index contributed by atoms with van der Waals surface area (Å²) in [4.78, 5) is 21.0. The first-order valence-corrected chi connectivity index (χ1v) is 11.9. The molecule has 202 valence electrons. The average molecular weight is 538 g/mol. The fourth-order valence-electron chi connectivity index (χ4n) is 4.77. The molecule has 0 saturated carbocycles. The number of halogens is 5. The minimum atomic E-state index is -4.81. The van der Waals surface area contributed by atoms with Gasteiger partial charge in [0.15, 0.2) is 0 Å². The van der Waals surface area contributed by atoms with Gasteiger partial charge in [0.05, 0.1) is 19.1 Å². The minimum absolute atomic E-state index is 0.000214. The van der Waals surface area contributed by atoms with Crippen LogP contribution < -0.4 is 4.74 Å². The third-order valence-corrected chi connectivity index (χ3v) is 6.50. The van der Waals surface area contributed by atoms with E-state index < -0.39 is 23.9 Å². The molecule has 2 amide bonds. The summed E-state index contributed by atoms with van der Waals surface area (Å²) in [5, 5.41) is 3.87. The van der Waals surface area contributed by atoms with E-state index in [9.17, 15) is 26.7 Å². The molecule has 2 fully saturated rings. The van der Waals surface area contributed by atoms with Crippen LogP contribution in [-0.4, -0.2) is 71.7 Å². The van der Waals surface area contributed by atoms with Crippen molar-refractivity contribution in [2.24, 2.45) is 0 Å². The van der Waals surface area contributed by atoms with Gasteiger partial charge in [-0.05, 0) is 36.2 Å². The van der Waals surface area contributed by atoms with Crippen LogP contribution in [0.5, 0.6) is 5.75 Å². The normalized spacial score (nSPS) is 20.4.